The van der Waals surface area contributed by atoms with Gasteiger partial charge in [-0.25, -0.2) is 0 Å². The molecule has 0 spiro atoms. The fraction of sp³-hybridized carbons (Fsp3) is 0.714. The quantitative estimate of drug-likeness (QED) is 0.460. The summed E-state index contributed by atoms with van der Waals surface area (Å²) in [5.41, 5.74) is 0. The standard InChI is InChI=1S/C7H13O2S/c8-7(9)5-3-1-2-4-6-10/h1,10H,2-6H2,(H,8,9). The largest absolute Gasteiger partial charge is 0.481 e. The fourth-order valence-electron chi connectivity index (χ4n) is 0.605. The molecule has 0 aromatic rings. The summed E-state index contributed by atoms with van der Waals surface area (Å²) in [7, 11) is 0. The zero-order valence-corrected chi connectivity index (χ0v) is 6.81. The van der Waals surface area contributed by atoms with Crippen LogP contribution in [0.4, 0.5) is 0 Å². The Morgan fingerprint density at radius 3 is 2.70 bits per heavy atom. The smallest absolute Gasteiger partial charge is 0.303 e. The number of hydrogen-bond acceptors (Lipinski definition) is 2. The van der Waals surface area contributed by atoms with Gasteiger partial charge in [-0.2, -0.15) is 12.6 Å². The van der Waals surface area contributed by atoms with E-state index in [2.05, 4.69) is 12.6 Å². The molecule has 0 aromatic carbocycles. The second-order valence-electron chi connectivity index (χ2n) is 2.09. The molecule has 3 heteroatoms. The Morgan fingerprint density at radius 1 is 1.50 bits per heavy atom. The van der Waals surface area contributed by atoms with Crippen LogP contribution >= 0.6 is 12.6 Å². The van der Waals surface area contributed by atoms with Gasteiger partial charge in [0, 0.05) is 6.42 Å². The van der Waals surface area contributed by atoms with E-state index < -0.39 is 5.97 Å². The third kappa shape index (κ3) is 7.82. The third-order valence-corrected chi connectivity index (χ3v) is 1.44. The maximum absolute atomic E-state index is 10.00. The van der Waals surface area contributed by atoms with Crippen molar-refractivity contribution in [2.45, 2.75) is 25.7 Å². The molecule has 0 aliphatic carbocycles. The molecule has 0 bridgehead atoms. The molecule has 0 saturated heterocycles. The number of carboxylic acid groups (broad SMARTS) is 1. The number of unbranched alkanes of at least 4 members (excludes halogenated alkanes) is 3. The van der Waals surface area contributed by atoms with E-state index in [4.69, 9.17) is 5.11 Å². The second kappa shape index (κ2) is 6.93. The first-order chi connectivity index (χ1) is 4.77. The molecule has 59 valence electrons. The lowest BCUT2D eigenvalue weighted by Crippen LogP contribution is -1.93. The van der Waals surface area contributed by atoms with Crippen LogP contribution in [0, 0.1) is 6.42 Å². The molecule has 10 heavy (non-hydrogen) atoms. The highest BCUT2D eigenvalue weighted by Crippen LogP contribution is 2.01. The number of aliphatic carboxylic acids is 1. The third-order valence-electron chi connectivity index (χ3n) is 1.13. The van der Waals surface area contributed by atoms with Crippen molar-refractivity contribution in [2.75, 3.05) is 5.75 Å². The highest BCUT2D eigenvalue weighted by molar-refractivity contribution is 7.80. The van der Waals surface area contributed by atoms with Gasteiger partial charge in [0.2, 0.25) is 0 Å². The van der Waals surface area contributed by atoms with Crippen molar-refractivity contribution in [1.29, 1.82) is 0 Å². The van der Waals surface area contributed by atoms with E-state index in [0.29, 0.717) is 6.42 Å². The van der Waals surface area contributed by atoms with Crippen LogP contribution in [0.15, 0.2) is 0 Å². The molecule has 0 aromatic heterocycles. The lowest BCUT2D eigenvalue weighted by Gasteiger charge is -1.94. The maximum atomic E-state index is 10.00. The van der Waals surface area contributed by atoms with Crippen molar-refractivity contribution in [3.05, 3.63) is 6.42 Å². The topological polar surface area (TPSA) is 37.3 Å². The summed E-state index contributed by atoms with van der Waals surface area (Å²) in [4.78, 5) is 10.00. The normalized spacial score (nSPS) is 9.70. The van der Waals surface area contributed by atoms with Gasteiger partial charge in [0.05, 0.1) is 0 Å². The van der Waals surface area contributed by atoms with E-state index in [9.17, 15) is 4.79 Å². The minimum Gasteiger partial charge on any atom is -0.481 e. The molecule has 0 saturated carbocycles. The summed E-state index contributed by atoms with van der Waals surface area (Å²) in [5, 5.41) is 8.23. The van der Waals surface area contributed by atoms with Crippen molar-refractivity contribution in [3.63, 3.8) is 0 Å². The van der Waals surface area contributed by atoms with Crippen LogP contribution in [0.2, 0.25) is 0 Å². The van der Waals surface area contributed by atoms with Crippen LogP contribution in [0.3, 0.4) is 0 Å². The first kappa shape index (κ1) is 9.82. The van der Waals surface area contributed by atoms with Gasteiger partial charge >= 0.3 is 5.97 Å². The van der Waals surface area contributed by atoms with Gasteiger partial charge in [0.1, 0.15) is 0 Å². The Bertz CT molecular complexity index is 93.6. The highest BCUT2D eigenvalue weighted by atomic mass is 32.1. The average molecular weight is 161 g/mol. The summed E-state index contributed by atoms with van der Waals surface area (Å²) in [6, 6.07) is 0. The predicted octanol–water partition coefficient (Wildman–Crippen LogP) is 1.77. The molecule has 0 heterocycles. The Morgan fingerprint density at radius 2 is 2.20 bits per heavy atom. The van der Waals surface area contributed by atoms with Gasteiger partial charge in [-0.1, -0.05) is 0 Å². The number of hydrogen-bond donors (Lipinski definition) is 2. The summed E-state index contributed by atoms with van der Waals surface area (Å²) in [6.07, 6.45) is 4.97. The van der Waals surface area contributed by atoms with E-state index >= 15 is 0 Å². The molecule has 0 unspecified atom stereocenters. The van der Waals surface area contributed by atoms with E-state index in [1.807, 2.05) is 6.42 Å². The van der Waals surface area contributed by atoms with E-state index in [-0.39, 0.29) is 6.42 Å². The lowest BCUT2D eigenvalue weighted by atomic mass is 10.2. The van der Waals surface area contributed by atoms with Gasteiger partial charge in [0.15, 0.2) is 0 Å². The van der Waals surface area contributed by atoms with Crippen molar-refractivity contribution in [1.82, 2.24) is 0 Å². The monoisotopic (exact) mass is 161 g/mol. The number of carbonyl (C=O) groups is 1. The van der Waals surface area contributed by atoms with Crippen molar-refractivity contribution >= 4 is 18.6 Å². The fourth-order valence-corrected chi connectivity index (χ4v) is 0.788. The lowest BCUT2D eigenvalue weighted by molar-refractivity contribution is -0.136. The predicted molar refractivity (Wildman–Crippen MR) is 44.3 cm³/mol. The van der Waals surface area contributed by atoms with Crippen molar-refractivity contribution < 1.29 is 9.90 Å². The first-order valence-corrected chi connectivity index (χ1v) is 4.05. The zero-order valence-electron chi connectivity index (χ0n) is 5.92. The Labute approximate surface area is 67.0 Å². The molecule has 0 fully saturated rings. The van der Waals surface area contributed by atoms with Gasteiger partial charge < -0.3 is 5.11 Å². The SMILES string of the molecule is O=C(O)CC[CH]CCCS. The van der Waals surface area contributed by atoms with Crippen molar-refractivity contribution in [2.24, 2.45) is 0 Å². The molecule has 0 aliphatic rings. The molecule has 2 nitrogen and oxygen atoms in total. The van der Waals surface area contributed by atoms with Gasteiger partial charge in [-0.05, 0) is 31.4 Å². The zero-order chi connectivity index (χ0) is 7.82. The average Bonchev–Trinajstić information content (AvgIpc) is 1.87. The van der Waals surface area contributed by atoms with Crippen molar-refractivity contribution in [3.8, 4) is 0 Å². The summed E-state index contributed by atoms with van der Waals surface area (Å²) < 4.78 is 0. The Balaban J connectivity index is 2.84. The van der Waals surface area contributed by atoms with Gasteiger partial charge in [-0.3, -0.25) is 4.79 Å². The molecular weight excluding hydrogens is 148 g/mol. The molecule has 0 aliphatic heterocycles. The minimum absolute atomic E-state index is 0.257. The number of rotatable bonds is 6. The first-order valence-electron chi connectivity index (χ1n) is 3.41. The number of carboxylic acids is 1. The summed E-state index contributed by atoms with van der Waals surface area (Å²) in [5.74, 6) is 0.158. The van der Waals surface area contributed by atoms with Gasteiger partial charge in [-0.15, -0.1) is 0 Å². The molecule has 1 N–H and O–H groups in total. The van der Waals surface area contributed by atoms with Crippen LogP contribution in [-0.4, -0.2) is 16.8 Å². The molecule has 0 atom stereocenters. The van der Waals surface area contributed by atoms with Crippen LogP contribution < -0.4 is 0 Å². The molecule has 1 radical (unpaired) electrons. The van der Waals surface area contributed by atoms with Crippen LogP contribution in [0.1, 0.15) is 25.7 Å². The van der Waals surface area contributed by atoms with Gasteiger partial charge in [0.25, 0.3) is 0 Å². The summed E-state index contributed by atoms with van der Waals surface area (Å²) in [6.45, 7) is 0. The van der Waals surface area contributed by atoms with E-state index in [1.54, 1.807) is 0 Å². The van der Waals surface area contributed by atoms with E-state index in [1.165, 1.54) is 0 Å². The second-order valence-corrected chi connectivity index (χ2v) is 2.53. The number of thiol groups is 1. The Hall–Kier alpha value is -0.180. The summed E-state index contributed by atoms with van der Waals surface area (Å²) >= 11 is 4.03. The minimum atomic E-state index is -0.720. The molecule has 0 rings (SSSR count). The molecule has 0 amide bonds. The highest BCUT2D eigenvalue weighted by Gasteiger charge is 1.95. The van der Waals surface area contributed by atoms with Crippen LogP contribution in [0.5, 0.6) is 0 Å². The van der Waals surface area contributed by atoms with Crippen LogP contribution in [0.25, 0.3) is 0 Å². The Kier molecular flexibility index (Phi) is 6.81. The van der Waals surface area contributed by atoms with Crippen LogP contribution in [-0.2, 0) is 4.79 Å². The van der Waals surface area contributed by atoms with E-state index in [0.717, 1.165) is 18.6 Å². The molecular formula is C7H13O2S. The maximum Gasteiger partial charge on any atom is 0.303 e.